The number of nitrogens with two attached hydrogens (primary N) is 1. The second kappa shape index (κ2) is 5.12. The van der Waals surface area contributed by atoms with E-state index >= 15 is 0 Å². The minimum atomic E-state index is 0.712. The molecule has 2 aromatic carbocycles. The summed E-state index contributed by atoms with van der Waals surface area (Å²) in [7, 11) is 0. The number of benzene rings is 2. The summed E-state index contributed by atoms with van der Waals surface area (Å²) in [5, 5.41) is 0. The number of amidine groups is 1. The van der Waals surface area contributed by atoms with Crippen molar-refractivity contribution in [2.45, 2.75) is 6.54 Å². The van der Waals surface area contributed by atoms with Crippen molar-refractivity contribution < 1.29 is 4.99 Å². The van der Waals surface area contributed by atoms with E-state index in [-0.39, 0.29) is 0 Å². The van der Waals surface area contributed by atoms with Crippen molar-refractivity contribution in [3.63, 3.8) is 0 Å². The molecule has 0 saturated carbocycles. The Hall–Kier alpha value is -2.09. The van der Waals surface area contributed by atoms with Crippen LogP contribution in [0.5, 0.6) is 0 Å². The van der Waals surface area contributed by atoms with E-state index in [0.717, 1.165) is 12.1 Å². The van der Waals surface area contributed by atoms with Crippen molar-refractivity contribution >= 4 is 5.84 Å². The van der Waals surface area contributed by atoms with E-state index in [1.807, 2.05) is 48.5 Å². The standard InChI is InChI=1S/C14H14N2/c15-14(13-9-5-2-6-10-13)16-11-12-7-3-1-4-8-12/h1-10H,11H2,(H2,15,16)/p+1. The van der Waals surface area contributed by atoms with Gasteiger partial charge < -0.3 is 0 Å². The van der Waals surface area contributed by atoms with Crippen LogP contribution in [0.1, 0.15) is 11.1 Å². The van der Waals surface area contributed by atoms with E-state index in [4.69, 9.17) is 5.73 Å². The van der Waals surface area contributed by atoms with Gasteiger partial charge in [0.2, 0.25) is 0 Å². The highest BCUT2D eigenvalue weighted by Crippen LogP contribution is 1.95. The molecule has 0 amide bonds. The molecule has 0 spiro atoms. The zero-order valence-electron chi connectivity index (χ0n) is 9.06. The summed E-state index contributed by atoms with van der Waals surface area (Å²) < 4.78 is 0. The summed E-state index contributed by atoms with van der Waals surface area (Å²) in [6, 6.07) is 20.1. The number of hydrogen-bond donors (Lipinski definition) is 2. The highest BCUT2D eigenvalue weighted by molar-refractivity contribution is 5.92. The second-order valence-corrected chi connectivity index (χ2v) is 3.62. The zero-order chi connectivity index (χ0) is 11.2. The third kappa shape index (κ3) is 2.70. The minimum Gasteiger partial charge on any atom is -0.287 e. The van der Waals surface area contributed by atoms with E-state index in [1.54, 1.807) is 0 Å². The lowest BCUT2D eigenvalue weighted by Crippen LogP contribution is -2.74. The van der Waals surface area contributed by atoms with Crippen molar-refractivity contribution in [1.82, 2.24) is 0 Å². The van der Waals surface area contributed by atoms with Crippen molar-refractivity contribution in [2.24, 2.45) is 5.73 Å². The molecule has 0 fully saturated rings. The van der Waals surface area contributed by atoms with Crippen LogP contribution >= 0.6 is 0 Å². The third-order valence-electron chi connectivity index (χ3n) is 2.41. The van der Waals surface area contributed by atoms with Gasteiger partial charge in [-0.25, -0.2) is 0 Å². The van der Waals surface area contributed by atoms with Gasteiger partial charge in [-0.3, -0.25) is 10.7 Å². The predicted octanol–water partition coefficient (Wildman–Crippen LogP) is 0.673. The van der Waals surface area contributed by atoms with Crippen molar-refractivity contribution in [3.8, 4) is 0 Å². The van der Waals surface area contributed by atoms with E-state index in [2.05, 4.69) is 17.1 Å². The van der Waals surface area contributed by atoms with Gasteiger partial charge in [0, 0.05) is 0 Å². The first-order valence-electron chi connectivity index (χ1n) is 5.32. The van der Waals surface area contributed by atoms with Crippen LogP contribution in [-0.2, 0) is 6.54 Å². The molecule has 2 aromatic rings. The molecule has 0 saturated heterocycles. The van der Waals surface area contributed by atoms with Gasteiger partial charge in [0.05, 0.1) is 5.56 Å². The number of nitrogens with one attached hydrogen (secondary N) is 1. The fourth-order valence-corrected chi connectivity index (χ4v) is 1.51. The number of hydrogen-bond acceptors (Lipinski definition) is 0. The van der Waals surface area contributed by atoms with E-state index in [9.17, 15) is 0 Å². The van der Waals surface area contributed by atoms with Gasteiger partial charge in [0.25, 0.3) is 5.84 Å². The molecule has 2 rings (SSSR count). The normalized spacial score (nSPS) is 11.4. The maximum absolute atomic E-state index is 5.95. The monoisotopic (exact) mass is 211 g/mol. The molecule has 0 unspecified atom stereocenters. The Balaban J connectivity index is 2.09. The fourth-order valence-electron chi connectivity index (χ4n) is 1.51. The Kier molecular flexibility index (Phi) is 3.34. The second-order valence-electron chi connectivity index (χ2n) is 3.62. The molecule has 0 aliphatic carbocycles. The molecule has 0 aromatic heterocycles. The zero-order valence-corrected chi connectivity index (χ0v) is 9.06. The lowest BCUT2D eigenvalue weighted by molar-refractivity contribution is -0.475. The largest absolute Gasteiger partial charge is 0.287 e. The van der Waals surface area contributed by atoms with Gasteiger partial charge in [-0.2, -0.15) is 0 Å². The van der Waals surface area contributed by atoms with E-state index in [0.29, 0.717) is 5.84 Å². The van der Waals surface area contributed by atoms with Crippen LogP contribution < -0.4 is 10.7 Å². The molecule has 0 bridgehead atoms. The van der Waals surface area contributed by atoms with Crippen molar-refractivity contribution in [1.29, 1.82) is 0 Å². The Morgan fingerprint density at radius 1 is 0.875 bits per heavy atom. The molecule has 0 aliphatic rings. The van der Waals surface area contributed by atoms with Gasteiger partial charge >= 0.3 is 0 Å². The lowest BCUT2D eigenvalue weighted by atomic mass is 10.2. The van der Waals surface area contributed by atoms with Crippen LogP contribution in [0.3, 0.4) is 0 Å². The van der Waals surface area contributed by atoms with Gasteiger partial charge in [-0.15, -0.1) is 0 Å². The van der Waals surface area contributed by atoms with Gasteiger partial charge in [0.15, 0.2) is 0 Å². The van der Waals surface area contributed by atoms with Gasteiger partial charge in [-0.1, -0.05) is 48.5 Å². The summed E-state index contributed by atoms with van der Waals surface area (Å²) in [6.45, 7) is 0.752. The maximum atomic E-state index is 5.95. The Morgan fingerprint density at radius 3 is 2.06 bits per heavy atom. The first-order valence-corrected chi connectivity index (χ1v) is 5.32. The summed E-state index contributed by atoms with van der Waals surface area (Å²) in [5.41, 5.74) is 8.20. The first-order chi connectivity index (χ1) is 7.86. The van der Waals surface area contributed by atoms with Gasteiger partial charge in [0.1, 0.15) is 6.54 Å². The van der Waals surface area contributed by atoms with Crippen molar-refractivity contribution in [3.05, 3.63) is 71.8 Å². The molecular weight excluding hydrogens is 196 g/mol. The summed E-state index contributed by atoms with van der Waals surface area (Å²) in [4.78, 5) is 3.21. The summed E-state index contributed by atoms with van der Waals surface area (Å²) in [5.74, 6) is 0.712. The first kappa shape index (κ1) is 10.4. The van der Waals surface area contributed by atoms with Crippen LogP contribution in [0, 0.1) is 0 Å². The van der Waals surface area contributed by atoms with E-state index < -0.39 is 0 Å². The Morgan fingerprint density at radius 2 is 1.44 bits per heavy atom. The molecule has 3 N–H and O–H groups in total. The van der Waals surface area contributed by atoms with Crippen LogP contribution in [-0.4, -0.2) is 5.84 Å². The average Bonchev–Trinajstić information content (AvgIpc) is 2.38. The average molecular weight is 211 g/mol. The topological polar surface area (TPSA) is 40.0 Å². The molecular formula is C14H15N2+. The maximum Gasteiger partial charge on any atom is 0.273 e. The molecule has 0 atom stereocenters. The lowest BCUT2D eigenvalue weighted by Gasteiger charge is -1.96. The molecule has 2 heteroatoms. The highest BCUT2D eigenvalue weighted by Gasteiger charge is 2.01. The molecule has 2 nitrogen and oxygen atoms in total. The molecule has 16 heavy (non-hydrogen) atoms. The third-order valence-corrected chi connectivity index (χ3v) is 2.41. The highest BCUT2D eigenvalue weighted by atomic mass is 14.8. The summed E-state index contributed by atoms with van der Waals surface area (Å²) in [6.07, 6.45) is 0. The van der Waals surface area contributed by atoms with Crippen molar-refractivity contribution in [2.75, 3.05) is 0 Å². The van der Waals surface area contributed by atoms with Crippen LogP contribution in [0.15, 0.2) is 60.7 Å². The Labute approximate surface area is 95.5 Å². The SMILES string of the molecule is NC(=[NH+]Cc1ccccc1)c1ccccc1. The van der Waals surface area contributed by atoms with E-state index in [1.165, 1.54) is 5.56 Å². The number of rotatable bonds is 3. The molecule has 0 heterocycles. The fraction of sp³-hybridized carbons (Fsp3) is 0.0714. The van der Waals surface area contributed by atoms with Gasteiger partial charge in [-0.05, 0) is 17.7 Å². The predicted molar refractivity (Wildman–Crippen MR) is 65.8 cm³/mol. The number of nitrogen functional groups attached to an aromatic ring is 1. The minimum absolute atomic E-state index is 0.712. The molecule has 0 aliphatic heterocycles. The Bertz CT molecular complexity index is 461. The summed E-state index contributed by atoms with van der Waals surface area (Å²) >= 11 is 0. The van der Waals surface area contributed by atoms with Crippen LogP contribution in [0.25, 0.3) is 0 Å². The quantitative estimate of drug-likeness (QED) is 0.568. The smallest absolute Gasteiger partial charge is 0.273 e. The molecule has 0 radical (unpaired) electrons. The molecule has 80 valence electrons. The van der Waals surface area contributed by atoms with Crippen LogP contribution in [0.2, 0.25) is 0 Å². The van der Waals surface area contributed by atoms with Crippen LogP contribution in [0.4, 0.5) is 0 Å².